The van der Waals surface area contributed by atoms with Crippen LogP contribution in [0.4, 0.5) is 5.95 Å². The van der Waals surface area contributed by atoms with Gasteiger partial charge < -0.3 is 15.0 Å². The average Bonchev–Trinajstić information content (AvgIpc) is 3.09. The Morgan fingerprint density at radius 2 is 2.07 bits per heavy atom. The Hall–Kier alpha value is -2.51. The van der Waals surface area contributed by atoms with E-state index in [1.165, 1.54) is 16.3 Å². The van der Waals surface area contributed by atoms with E-state index in [1.54, 1.807) is 20.9 Å². The molecule has 0 amide bonds. The number of carbonyl (C=O) groups excluding carboxylic acids is 1. The number of aromatic nitrogens is 4. The van der Waals surface area contributed by atoms with Crippen LogP contribution >= 0.6 is 11.8 Å². The number of thioether (sulfide) groups is 1. The second-order valence-electron chi connectivity index (χ2n) is 6.50. The van der Waals surface area contributed by atoms with Crippen LogP contribution in [-0.4, -0.2) is 63.6 Å². The van der Waals surface area contributed by atoms with Crippen molar-refractivity contribution < 1.29 is 9.53 Å². The molecule has 3 rings (SSSR count). The molecule has 0 atom stereocenters. The number of piperazine rings is 1. The van der Waals surface area contributed by atoms with E-state index in [9.17, 15) is 9.59 Å². The maximum atomic E-state index is 13.1. The summed E-state index contributed by atoms with van der Waals surface area (Å²) in [5, 5.41) is 3.85. The number of nitrogens with zero attached hydrogens (tertiary/aromatic N) is 5. The summed E-state index contributed by atoms with van der Waals surface area (Å²) in [6.07, 6.45) is 0.263. The first-order valence-electron chi connectivity index (χ1n) is 9.67. The highest BCUT2D eigenvalue weighted by molar-refractivity contribution is 7.99. The number of nitrogens with one attached hydrogen (secondary N) is 1. The highest BCUT2D eigenvalue weighted by atomic mass is 32.2. The van der Waals surface area contributed by atoms with Gasteiger partial charge in [0.2, 0.25) is 5.95 Å². The van der Waals surface area contributed by atoms with Crippen molar-refractivity contribution in [2.45, 2.75) is 32.0 Å². The van der Waals surface area contributed by atoms with E-state index in [2.05, 4.69) is 32.0 Å². The second-order valence-corrected chi connectivity index (χ2v) is 7.56. The molecule has 29 heavy (non-hydrogen) atoms. The Labute approximate surface area is 173 Å². The molecule has 0 spiro atoms. The maximum Gasteiger partial charge on any atom is 0.306 e. The Balaban J connectivity index is 1.96. The zero-order valence-corrected chi connectivity index (χ0v) is 17.8. The highest BCUT2D eigenvalue weighted by Gasteiger charge is 2.23. The summed E-state index contributed by atoms with van der Waals surface area (Å²) in [6, 6.07) is 0. The van der Waals surface area contributed by atoms with Gasteiger partial charge in [-0.1, -0.05) is 17.7 Å². The van der Waals surface area contributed by atoms with Crippen LogP contribution in [0.1, 0.15) is 20.3 Å². The summed E-state index contributed by atoms with van der Waals surface area (Å²) < 4.78 is 8.32. The molecule has 9 nitrogen and oxygen atoms in total. The Kier molecular flexibility index (Phi) is 7.17. The number of carbonyl (C=O) groups is 1. The number of esters is 1. The summed E-state index contributed by atoms with van der Waals surface area (Å²) in [4.78, 5) is 36.1. The van der Waals surface area contributed by atoms with Gasteiger partial charge in [-0.25, -0.2) is 4.98 Å². The van der Waals surface area contributed by atoms with Gasteiger partial charge in [0.25, 0.3) is 5.56 Å². The van der Waals surface area contributed by atoms with Crippen molar-refractivity contribution in [3.8, 4) is 11.8 Å². The monoisotopic (exact) mass is 418 g/mol. The molecule has 1 aliphatic heterocycles. The third-order valence-electron chi connectivity index (χ3n) is 4.58. The van der Waals surface area contributed by atoms with Gasteiger partial charge in [-0.3, -0.25) is 18.7 Å². The fourth-order valence-electron chi connectivity index (χ4n) is 3.13. The quantitative estimate of drug-likeness (QED) is 0.303. The lowest BCUT2D eigenvalue weighted by Crippen LogP contribution is -2.44. The predicted octanol–water partition coefficient (Wildman–Crippen LogP) is 0.608. The van der Waals surface area contributed by atoms with E-state index < -0.39 is 0 Å². The number of imidazole rings is 1. The third-order valence-corrected chi connectivity index (χ3v) is 5.61. The molecule has 0 aliphatic carbocycles. The molecule has 10 heteroatoms. The van der Waals surface area contributed by atoms with Crippen molar-refractivity contribution >= 4 is 34.8 Å². The van der Waals surface area contributed by atoms with Crippen molar-refractivity contribution in [1.29, 1.82) is 0 Å². The van der Waals surface area contributed by atoms with Gasteiger partial charge in [0.15, 0.2) is 16.3 Å². The van der Waals surface area contributed by atoms with Crippen molar-refractivity contribution in [3.05, 3.63) is 10.4 Å². The topological polar surface area (TPSA) is 94.3 Å². The Morgan fingerprint density at radius 3 is 2.76 bits per heavy atom. The molecule has 1 aliphatic rings. The largest absolute Gasteiger partial charge is 0.466 e. The maximum absolute atomic E-state index is 13.1. The van der Waals surface area contributed by atoms with Gasteiger partial charge in [0, 0.05) is 39.0 Å². The minimum atomic E-state index is -0.255. The Morgan fingerprint density at radius 1 is 1.31 bits per heavy atom. The van der Waals surface area contributed by atoms with Crippen LogP contribution in [0.2, 0.25) is 0 Å². The molecule has 0 bridgehead atoms. The summed E-state index contributed by atoms with van der Waals surface area (Å²) >= 11 is 1.35. The van der Waals surface area contributed by atoms with Crippen molar-refractivity contribution in [2.75, 3.05) is 43.4 Å². The molecule has 2 aromatic rings. The molecule has 1 fully saturated rings. The van der Waals surface area contributed by atoms with E-state index >= 15 is 0 Å². The standard InChI is InChI=1S/C19H26N6O3S/c1-4-6-10-25-15-16(21-18(25)24-11-8-20-9-12-24)22-19(23(3)17(15)27)29-13-7-14(26)28-5-2/h20H,5,7-13H2,1-3H3. The van der Waals surface area contributed by atoms with Crippen LogP contribution in [0, 0.1) is 11.8 Å². The van der Waals surface area contributed by atoms with Gasteiger partial charge in [0.05, 0.1) is 19.6 Å². The van der Waals surface area contributed by atoms with Crippen LogP contribution in [0.3, 0.4) is 0 Å². The lowest BCUT2D eigenvalue weighted by atomic mass is 10.4. The zero-order chi connectivity index (χ0) is 20.8. The zero-order valence-electron chi connectivity index (χ0n) is 17.0. The summed E-state index contributed by atoms with van der Waals surface area (Å²) in [5.41, 5.74) is 0.706. The molecule has 0 aromatic carbocycles. The lowest BCUT2D eigenvalue weighted by molar-refractivity contribution is -0.142. The van der Waals surface area contributed by atoms with Crippen LogP contribution in [0.15, 0.2) is 9.95 Å². The smallest absolute Gasteiger partial charge is 0.306 e. The summed E-state index contributed by atoms with van der Waals surface area (Å²) in [7, 11) is 1.69. The van der Waals surface area contributed by atoms with E-state index in [-0.39, 0.29) is 17.9 Å². The highest BCUT2D eigenvalue weighted by Crippen LogP contribution is 2.23. The number of rotatable bonds is 7. The molecule has 0 saturated carbocycles. The van der Waals surface area contributed by atoms with Gasteiger partial charge >= 0.3 is 5.97 Å². The van der Waals surface area contributed by atoms with Gasteiger partial charge in [-0.2, -0.15) is 4.98 Å². The molecule has 0 radical (unpaired) electrons. The first-order valence-corrected chi connectivity index (χ1v) is 10.7. The summed E-state index contributed by atoms with van der Waals surface area (Å²) in [5.74, 6) is 6.88. The predicted molar refractivity (Wildman–Crippen MR) is 113 cm³/mol. The number of hydrogen-bond donors (Lipinski definition) is 1. The van der Waals surface area contributed by atoms with Gasteiger partial charge in [-0.15, -0.1) is 5.92 Å². The number of ether oxygens (including phenoxy) is 1. The minimum Gasteiger partial charge on any atom is -0.466 e. The van der Waals surface area contributed by atoms with Gasteiger partial charge in [0.1, 0.15) is 0 Å². The number of fused-ring (bicyclic) bond motifs is 1. The van der Waals surface area contributed by atoms with E-state index in [0.29, 0.717) is 35.2 Å². The summed E-state index contributed by atoms with van der Waals surface area (Å²) in [6.45, 7) is 7.65. The first-order chi connectivity index (χ1) is 14.1. The molecule has 156 valence electrons. The van der Waals surface area contributed by atoms with E-state index in [0.717, 1.165) is 32.1 Å². The minimum absolute atomic E-state index is 0.166. The van der Waals surface area contributed by atoms with Crippen molar-refractivity contribution in [3.63, 3.8) is 0 Å². The van der Waals surface area contributed by atoms with E-state index in [4.69, 9.17) is 4.74 Å². The average molecular weight is 419 g/mol. The van der Waals surface area contributed by atoms with Crippen molar-refractivity contribution in [2.24, 2.45) is 7.05 Å². The van der Waals surface area contributed by atoms with Crippen molar-refractivity contribution in [1.82, 2.24) is 24.4 Å². The number of hydrogen-bond acceptors (Lipinski definition) is 8. The molecule has 2 aromatic heterocycles. The molecule has 3 heterocycles. The Bertz CT molecular complexity index is 997. The molecule has 1 N–H and O–H groups in total. The second kappa shape index (κ2) is 9.80. The van der Waals surface area contributed by atoms with Crippen LogP contribution in [0.25, 0.3) is 11.2 Å². The normalized spacial score (nSPS) is 14.0. The molecule has 1 saturated heterocycles. The number of anilines is 1. The van der Waals surface area contributed by atoms with Crippen LogP contribution in [0.5, 0.6) is 0 Å². The van der Waals surface area contributed by atoms with Gasteiger partial charge in [-0.05, 0) is 13.8 Å². The SMILES string of the molecule is CC#CCn1c(N2CCNCC2)nc2nc(SCCC(=O)OCC)n(C)c(=O)c21. The third kappa shape index (κ3) is 4.74. The molecular formula is C19H26N6O3S. The lowest BCUT2D eigenvalue weighted by Gasteiger charge is -2.28. The fraction of sp³-hybridized carbons (Fsp3) is 0.579. The first kappa shape index (κ1) is 21.2. The van der Waals surface area contributed by atoms with E-state index in [1.807, 2.05) is 4.57 Å². The molecular weight excluding hydrogens is 392 g/mol. The van der Waals surface area contributed by atoms with Crippen LogP contribution < -0.4 is 15.8 Å². The molecule has 0 unspecified atom stereocenters. The van der Waals surface area contributed by atoms with Crippen LogP contribution in [-0.2, 0) is 23.1 Å². The fourth-order valence-corrected chi connectivity index (χ4v) is 4.01.